The third-order valence-electron chi connectivity index (χ3n) is 2.88. The maximum Gasteiger partial charge on any atom is 0.337 e. The van der Waals surface area contributed by atoms with Crippen LogP contribution in [0.5, 0.6) is 0 Å². The summed E-state index contributed by atoms with van der Waals surface area (Å²) in [6.45, 7) is 2.76. The number of hydrogen-bond donors (Lipinski definition) is 2. The van der Waals surface area contributed by atoms with Gasteiger partial charge in [-0.25, -0.2) is 4.79 Å². The maximum absolute atomic E-state index is 11.1. The monoisotopic (exact) mass is 251 g/mol. The van der Waals surface area contributed by atoms with E-state index in [0.29, 0.717) is 18.8 Å². The van der Waals surface area contributed by atoms with Crippen LogP contribution < -0.4 is 10.2 Å². The van der Waals surface area contributed by atoms with Crippen molar-refractivity contribution in [2.45, 2.75) is 0 Å². The molecular formula is C11H13N3O4. The van der Waals surface area contributed by atoms with Crippen molar-refractivity contribution in [1.29, 1.82) is 0 Å². The molecule has 1 aromatic rings. The minimum absolute atomic E-state index is 0.0893. The van der Waals surface area contributed by atoms with Gasteiger partial charge < -0.3 is 15.3 Å². The smallest absolute Gasteiger partial charge is 0.337 e. The molecule has 0 amide bonds. The summed E-state index contributed by atoms with van der Waals surface area (Å²) in [6.07, 6.45) is 0. The van der Waals surface area contributed by atoms with Crippen molar-refractivity contribution in [1.82, 2.24) is 5.32 Å². The Kier molecular flexibility index (Phi) is 3.42. The largest absolute Gasteiger partial charge is 0.478 e. The number of nitrogens with one attached hydrogen (secondary N) is 1. The molecule has 1 aliphatic heterocycles. The Hall–Kier alpha value is -2.15. The number of benzene rings is 1. The topological polar surface area (TPSA) is 95.7 Å². The van der Waals surface area contributed by atoms with Gasteiger partial charge in [-0.3, -0.25) is 10.1 Å². The van der Waals surface area contributed by atoms with Gasteiger partial charge in [-0.05, 0) is 6.07 Å². The van der Waals surface area contributed by atoms with Crippen LogP contribution in [0.15, 0.2) is 18.2 Å². The zero-order chi connectivity index (χ0) is 13.1. The molecule has 0 spiro atoms. The first-order chi connectivity index (χ1) is 8.59. The molecule has 0 radical (unpaired) electrons. The lowest BCUT2D eigenvalue weighted by atomic mass is 10.1. The van der Waals surface area contributed by atoms with Gasteiger partial charge in [0, 0.05) is 38.3 Å². The third-order valence-corrected chi connectivity index (χ3v) is 2.88. The molecule has 1 aromatic carbocycles. The van der Waals surface area contributed by atoms with E-state index in [9.17, 15) is 14.9 Å². The number of nitrogens with zero attached hydrogens (tertiary/aromatic N) is 2. The fraction of sp³-hybridized carbons (Fsp3) is 0.364. The molecule has 1 aliphatic rings. The molecule has 0 aliphatic carbocycles. The average Bonchev–Trinajstić information content (AvgIpc) is 2.39. The van der Waals surface area contributed by atoms with Crippen LogP contribution in [0.2, 0.25) is 0 Å². The number of hydrogen-bond acceptors (Lipinski definition) is 5. The number of piperazine rings is 1. The van der Waals surface area contributed by atoms with E-state index < -0.39 is 10.9 Å². The number of anilines is 1. The van der Waals surface area contributed by atoms with Crippen molar-refractivity contribution in [3.63, 3.8) is 0 Å². The SMILES string of the molecule is O=C(O)c1ccc([N+](=O)[O-])cc1N1CCNCC1. The summed E-state index contributed by atoms with van der Waals surface area (Å²) < 4.78 is 0. The zero-order valence-corrected chi connectivity index (χ0v) is 9.63. The number of nitro benzene ring substituents is 1. The summed E-state index contributed by atoms with van der Waals surface area (Å²) >= 11 is 0. The van der Waals surface area contributed by atoms with E-state index in [4.69, 9.17) is 5.11 Å². The zero-order valence-electron chi connectivity index (χ0n) is 9.63. The fourth-order valence-corrected chi connectivity index (χ4v) is 1.98. The summed E-state index contributed by atoms with van der Waals surface area (Å²) in [6, 6.07) is 3.84. The third kappa shape index (κ3) is 2.40. The average molecular weight is 251 g/mol. The van der Waals surface area contributed by atoms with E-state index in [1.54, 1.807) is 0 Å². The molecule has 96 valence electrons. The number of rotatable bonds is 3. The molecule has 1 fully saturated rings. The Labute approximate surface area is 103 Å². The predicted octanol–water partition coefficient (Wildman–Crippen LogP) is 0.703. The van der Waals surface area contributed by atoms with Gasteiger partial charge in [-0.15, -0.1) is 0 Å². The summed E-state index contributed by atoms with van der Waals surface area (Å²) in [5.41, 5.74) is 0.425. The van der Waals surface area contributed by atoms with Crippen LogP contribution in [0.1, 0.15) is 10.4 Å². The number of aromatic carboxylic acids is 1. The molecule has 0 aromatic heterocycles. The van der Waals surface area contributed by atoms with Gasteiger partial charge in [-0.2, -0.15) is 0 Å². The summed E-state index contributed by atoms with van der Waals surface area (Å²) in [7, 11) is 0. The highest BCUT2D eigenvalue weighted by Gasteiger charge is 2.21. The number of carbonyl (C=O) groups is 1. The lowest BCUT2D eigenvalue weighted by Crippen LogP contribution is -2.44. The van der Waals surface area contributed by atoms with Gasteiger partial charge in [-0.1, -0.05) is 0 Å². The molecule has 18 heavy (non-hydrogen) atoms. The summed E-state index contributed by atoms with van der Waals surface area (Å²) in [5, 5.41) is 23.0. The Morgan fingerprint density at radius 1 is 1.39 bits per heavy atom. The van der Waals surface area contributed by atoms with Gasteiger partial charge in [0.2, 0.25) is 0 Å². The molecule has 0 saturated carbocycles. The summed E-state index contributed by atoms with van der Waals surface area (Å²) in [4.78, 5) is 23.2. The molecular weight excluding hydrogens is 238 g/mol. The lowest BCUT2D eigenvalue weighted by Gasteiger charge is -2.30. The first kappa shape index (κ1) is 12.3. The van der Waals surface area contributed by atoms with Crippen LogP contribution in [-0.4, -0.2) is 42.2 Å². The number of nitro groups is 1. The van der Waals surface area contributed by atoms with Crippen molar-refractivity contribution in [2.75, 3.05) is 31.1 Å². The van der Waals surface area contributed by atoms with Crippen molar-refractivity contribution in [2.24, 2.45) is 0 Å². The van der Waals surface area contributed by atoms with Gasteiger partial charge in [0.1, 0.15) is 0 Å². The maximum atomic E-state index is 11.1. The Morgan fingerprint density at radius 2 is 2.06 bits per heavy atom. The Morgan fingerprint density at radius 3 is 2.61 bits per heavy atom. The first-order valence-corrected chi connectivity index (χ1v) is 5.57. The van der Waals surface area contributed by atoms with Crippen LogP contribution in [0.3, 0.4) is 0 Å². The molecule has 7 heteroatoms. The molecule has 1 heterocycles. The molecule has 7 nitrogen and oxygen atoms in total. The normalized spacial score (nSPS) is 15.4. The van der Waals surface area contributed by atoms with Crippen LogP contribution in [-0.2, 0) is 0 Å². The van der Waals surface area contributed by atoms with Crippen LogP contribution in [0.4, 0.5) is 11.4 Å². The molecule has 0 bridgehead atoms. The van der Waals surface area contributed by atoms with Gasteiger partial charge in [0.15, 0.2) is 0 Å². The van der Waals surface area contributed by atoms with Crippen molar-refractivity contribution < 1.29 is 14.8 Å². The van der Waals surface area contributed by atoms with Gasteiger partial charge >= 0.3 is 5.97 Å². The lowest BCUT2D eigenvalue weighted by molar-refractivity contribution is -0.384. The molecule has 0 atom stereocenters. The van der Waals surface area contributed by atoms with Crippen molar-refractivity contribution >= 4 is 17.3 Å². The molecule has 2 rings (SSSR count). The molecule has 2 N–H and O–H groups in total. The minimum Gasteiger partial charge on any atom is -0.478 e. The second kappa shape index (κ2) is 5.01. The van der Waals surface area contributed by atoms with E-state index in [-0.39, 0.29) is 11.3 Å². The van der Waals surface area contributed by atoms with E-state index in [0.717, 1.165) is 13.1 Å². The number of non-ortho nitro benzene ring substituents is 1. The highest BCUT2D eigenvalue weighted by molar-refractivity contribution is 5.95. The van der Waals surface area contributed by atoms with Crippen LogP contribution >= 0.6 is 0 Å². The predicted molar refractivity (Wildman–Crippen MR) is 65.1 cm³/mol. The molecule has 0 unspecified atom stereocenters. The first-order valence-electron chi connectivity index (χ1n) is 5.57. The van der Waals surface area contributed by atoms with Crippen LogP contribution in [0, 0.1) is 10.1 Å². The van der Waals surface area contributed by atoms with E-state index >= 15 is 0 Å². The highest BCUT2D eigenvalue weighted by atomic mass is 16.6. The van der Waals surface area contributed by atoms with Gasteiger partial charge in [0.05, 0.1) is 16.2 Å². The van der Waals surface area contributed by atoms with Crippen molar-refractivity contribution in [3.05, 3.63) is 33.9 Å². The Bertz CT molecular complexity index is 483. The van der Waals surface area contributed by atoms with E-state index in [1.807, 2.05) is 4.90 Å². The van der Waals surface area contributed by atoms with E-state index in [1.165, 1.54) is 18.2 Å². The Balaban J connectivity index is 2.42. The number of carboxylic acid groups (broad SMARTS) is 1. The van der Waals surface area contributed by atoms with Crippen molar-refractivity contribution in [3.8, 4) is 0 Å². The second-order valence-corrected chi connectivity index (χ2v) is 4.00. The van der Waals surface area contributed by atoms with Crippen LogP contribution in [0.25, 0.3) is 0 Å². The summed E-state index contributed by atoms with van der Waals surface area (Å²) in [5.74, 6) is -1.07. The second-order valence-electron chi connectivity index (χ2n) is 4.00. The van der Waals surface area contributed by atoms with Gasteiger partial charge in [0.25, 0.3) is 5.69 Å². The number of carboxylic acids is 1. The fourth-order valence-electron chi connectivity index (χ4n) is 1.98. The minimum atomic E-state index is -1.07. The quantitative estimate of drug-likeness (QED) is 0.606. The molecule has 1 saturated heterocycles. The highest BCUT2D eigenvalue weighted by Crippen LogP contribution is 2.26. The van der Waals surface area contributed by atoms with E-state index in [2.05, 4.69) is 5.32 Å². The standard InChI is InChI=1S/C11H13N3O4/c15-11(16)9-2-1-8(14(17)18)7-10(9)13-5-3-12-4-6-13/h1-2,7,12H,3-6H2,(H,15,16).